The molecule has 1 aromatic heterocycles. The van der Waals surface area contributed by atoms with Crippen molar-refractivity contribution in [2.75, 3.05) is 0 Å². The molecule has 0 aliphatic heterocycles. The summed E-state index contributed by atoms with van der Waals surface area (Å²) in [5.41, 5.74) is 0. The maximum absolute atomic E-state index is 8.91. The number of hydrogen-bond acceptors (Lipinski definition) is 16. The van der Waals surface area contributed by atoms with Crippen LogP contribution in [0.4, 0.5) is 0 Å². The fourth-order valence-electron chi connectivity index (χ4n) is 0.313. The van der Waals surface area contributed by atoms with Crippen LogP contribution in [-0.2, 0) is 99.8 Å². The van der Waals surface area contributed by atoms with Crippen molar-refractivity contribution in [1.82, 2.24) is 4.98 Å². The van der Waals surface area contributed by atoms with Crippen molar-refractivity contribution in [3.05, 3.63) is 30.6 Å². The maximum Gasteiger partial charge on any atom is 0.0267 e. The summed E-state index contributed by atoms with van der Waals surface area (Å²) in [4.78, 5) is 3.78. The van der Waals surface area contributed by atoms with Crippen molar-refractivity contribution in [2.45, 2.75) is 0 Å². The second-order valence-corrected chi connectivity index (χ2v) is 16.9. The van der Waals surface area contributed by atoms with E-state index in [1.165, 1.54) is 0 Å². The molecule has 0 aliphatic carbocycles. The molecule has 27 heteroatoms. The van der Waals surface area contributed by atoms with Crippen LogP contribution < -0.4 is 20.8 Å². The molecule has 16 nitrogen and oxygen atoms in total. The van der Waals surface area contributed by atoms with Gasteiger partial charge in [0.25, 0.3) is 0 Å². The van der Waals surface area contributed by atoms with Gasteiger partial charge in [0.2, 0.25) is 0 Å². The van der Waals surface area contributed by atoms with Crippen LogP contribution in [0.3, 0.4) is 0 Å². The predicted octanol–water partition coefficient (Wildman–Crippen LogP) is -2.62. The molecule has 0 radical (unpaired) electrons. The standard InChI is InChI=1S/C5H5N.5ClH.5Cr.Np.15O/c1-2-4-6-5-3-1;;;;;;;;;;;;;;;;;;;;;;;;;;/h1-5H;5*1H;;;;;;;;;;;;;;;;;;;;;/q;;;;;;5*+1;+5;;;;;;;;;;;5*-1/p-5. The van der Waals surface area contributed by atoms with Crippen LogP contribution in [-0.4, -0.2) is 4.98 Å². The second kappa shape index (κ2) is 23.5. The first-order valence-corrected chi connectivity index (χ1v) is 21.7. The minimum atomic E-state index is -5.03. The average Bonchev–Trinajstić information content (AvgIpc) is 2.30. The normalized spacial score (nSPS) is 10.6. The van der Waals surface area contributed by atoms with E-state index in [9.17, 15) is 0 Å². The van der Waals surface area contributed by atoms with Crippen LogP contribution in [0.1, 0.15) is 0 Å². The minimum absolute atomic E-state index is 0. The molecule has 0 fully saturated rings. The van der Waals surface area contributed by atoms with E-state index < -0.39 is 61.8 Å². The molecule has 0 saturated heterocycles. The average molecular weight is 993 g/mol. The Morgan fingerprint density at radius 1 is 0.438 bits per heavy atom. The number of halogens is 5. The molecule has 0 atom stereocenters. The summed E-state index contributed by atoms with van der Waals surface area (Å²) in [5.74, 6) is 0. The molecular weight excluding hydrogens is 988 g/mol. The van der Waals surface area contributed by atoms with Gasteiger partial charge in [-0.15, -0.1) is 0 Å². The number of rotatable bonds is 0. The molecule has 0 bridgehead atoms. The Morgan fingerprint density at radius 3 is 0.594 bits per heavy atom. The predicted molar refractivity (Wildman–Crippen MR) is 60.4 cm³/mol. The van der Waals surface area contributed by atoms with Gasteiger partial charge in [-0.3, -0.25) is 4.98 Å². The van der Waals surface area contributed by atoms with Gasteiger partial charge < -0.3 is 0 Å². The zero-order valence-electron chi connectivity index (χ0n) is 13.8. The van der Waals surface area contributed by atoms with E-state index in [-0.39, 0.29) is 29.9 Å². The van der Waals surface area contributed by atoms with E-state index >= 15 is 0 Å². The monoisotopic (exact) mass is 990 g/mol. The van der Waals surface area contributed by atoms with Gasteiger partial charge in [0.15, 0.2) is 0 Å². The first-order valence-electron chi connectivity index (χ1n) is 5.12. The van der Waals surface area contributed by atoms with Crippen LogP contribution in [0.5, 0.6) is 0 Å². The molecule has 190 valence electrons. The van der Waals surface area contributed by atoms with E-state index in [0.29, 0.717) is 0 Å². The van der Waals surface area contributed by atoms with Gasteiger partial charge in [-0.05, 0) is 12.1 Å². The van der Waals surface area contributed by atoms with Gasteiger partial charge in [0.1, 0.15) is 0 Å². The van der Waals surface area contributed by atoms with Crippen LogP contribution in [0.15, 0.2) is 30.6 Å². The van der Waals surface area contributed by atoms with Gasteiger partial charge >= 0.3 is 201 Å². The fourth-order valence-corrected chi connectivity index (χ4v) is 0.313. The maximum atomic E-state index is 8.91. The van der Waals surface area contributed by atoms with E-state index in [0.717, 1.165) is 0 Å². The van der Waals surface area contributed by atoms with Gasteiger partial charge in [0.05, 0.1) is 0 Å². The number of pyridine rings is 1. The summed E-state index contributed by atoms with van der Waals surface area (Å²) >= 11 is -25.1. The van der Waals surface area contributed by atoms with Crippen LogP contribution in [0.2, 0.25) is 0 Å². The number of hydrogen-bond donors (Lipinski definition) is 0. The van der Waals surface area contributed by atoms with Crippen LogP contribution >= 0.6 is 50.2 Å². The SMILES string of the molecule is [Np+5].[O]=[Cr](=[O])([O-])[Cl].[O]=[Cr](=[O])([O-])[Cl].[O]=[Cr](=[O])([O-])[Cl].[O]=[Cr](=[O])([O-])[Cl].[O]=[Cr](=[O])([O-])[Cl].c1ccncc1. The largest absolute Gasteiger partial charge is 0.265 e. The molecule has 0 amide bonds. The van der Waals surface area contributed by atoms with E-state index in [2.05, 4.69) is 55.2 Å². The third kappa shape index (κ3) is 475. The zero-order chi connectivity index (χ0) is 26.7. The Morgan fingerprint density at radius 2 is 0.562 bits per heavy atom. The third-order valence-corrected chi connectivity index (χ3v) is 0.566. The first-order chi connectivity index (χ1) is 13.0. The minimum Gasteiger partial charge on any atom is -0.265 e. The van der Waals surface area contributed by atoms with Crippen LogP contribution in [0, 0.1) is 29.9 Å². The molecule has 0 saturated carbocycles. The quantitative estimate of drug-likeness (QED) is 0.257. The molecule has 0 aromatic carbocycles. The summed E-state index contributed by atoms with van der Waals surface area (Å²) < 4.78 is 134. The number of nitrogens with zero attached hydrogens (tertiary/aromatic N) is 1. The van der Waals surface area contributed by atoms with Crippen LogP contribution in [0.25, 0.3) is 0 Å². The van der Waals surface area contributed by atoms with Crippen molar-refractivity contribution >= 4 is 50.2 Å². The Hall–Kier alpha value is 2.08. The first kappa shape index (κ1) is 47.3. The summed E-state index contributed by atoms with van der Waals surface area (Å²) in [6, 6.07) is 5.72. The Bertz CT molecular complexity index is 850. The Balaban J connectivity index is -0.0000000631. The summed E-state index contributed by atoms with van der Waals surface area (Å²) in [6.45, 7) is 0. The second-order valence-electron chi connectivity index (χ2n) is 2.99. The number of aromatic nitrogens is 1. The molecule has 0 N–H and O–H groups in total. The van der Waals surface area contributed by atoms with Gasteiger partial charge in [-0.2, -0.15) is 0 Å². The smallest absolute Gasteiger partial charge is 0.0267 e. The van der Waals surface area contributed by atoms with E-state index in [4.69, 9.17) is 58.8 Å². The summed E-state index contributed by atoms with van der Waals surface area (Å²) in [6.07, 6.45) is 3.50. The molecule has 0 spiro atoms. The van der Waals surface area contributed by atoms with Crippen molar-refractivity contribution in [1.29, 1.82) is 0 Å². The molecule has 1 rings (SSSR count). The fraction of sp³-hybridized carbons (Fsp3) is 0. The van der Waals surface area contributed by atoms with Crippen molar-refractivity contribution in [3.8, 4) is 0 Å². The van der Waals surface area contributed by atoms with Gasteiger partial charge in [0, 0.05) is 12.4 Å². The molecule has 32 heavy (non-hydrogen) atoms. The van der Waals surface area contributed by atoms with Crippen molar-refractivity contribution < 1.29 is 151 Å². The molecular formula is C5H5Cl5Cr5NNpO15. The Labute approximate surface area is 233 Å². The van der Waals surface area contributed by atoms with Crippen molar-refractivity contribution in [3.63, 3.8) is 0 Å². The zero-order valence-corrected chi connectivity index (χ0v) is 27.7. The van der Waals surface area contributed by atoms with Gasteiger partial charge in [-0.25, -0.2) is 0 Å². The molecule has 0 aliphatic rings. The third-order valence-electron chi connectivity index (χ3n) is 0.566. The topological polar surface area (TPSA) is 299 Å². The van der Waals surface area contributed by atoms with Crippen molar-refractivity contribution in [2.24, 2.45) is 0 Å². The van der Waals surface area contributed by atoms with Gasteiger partial charge in [-0.1, -0.05) is 6.07 Å². The molecule has 0 unspecified atom stereocenters. The van der Waals surface area contributed by atoms with E-state index in [1.807, 2.05) is 18.2 Å². The van der Waals surface area contributed by atoms with E-state index in [1.54, 1.807) is 12.4 Å². The summed E-state index contributed by atoms with van der Waals surface area (Å²) in [5, 5.41) is 0. The Kier molecular flexibility index (Phi) is 34.7. The molecule has 1 aromatic rings. The molecule has 1 heterocycles. The summed E-state index contributed by atoms with van der Waals surface area (Å²) in [7, 11) is 20.1.